The molecule has 0 aliphatic rings. The van der Waals surface area contributed by atoms with Gasteiger partial charge in [-0.25, -0.2) is 0 Å². The van der Waals surface area contributed by atoms with Crippen molar-refractivity contribution in [2.75, 3.05) is 0 Å². The van der Waals surface area contributed by atoms with Gasteiger partial charge in [-0.2, -0.15) is 0 Å². The summed E-state index contributed by atoms with van der Waals surface area (Å²) in [6, 6.07) is 25.8. The van der Waals surface area contributed by atoms with Crippen molar-refractivity contribution >= 4 is 18.4 Å². The summed E-state index contributed by atoms with van der Waals surface area (Å²) in [5, 5.41) is 3.29. The average molecular weight is 353 g/mol. The number of unbranched alkanes of at least 4 members (excludes halogenated alkanes) is 6. The van der Waals surface area contributed by atoms with Crippen LogP contribution in [0.5, 0.6) is 0 Å². The summed E-state index contributed by atoms with van der Waals surface area (Å²) in [4.78, 5) is 0. The van der Waals surface area contributed by atoms with Crippen LogP contribution >= 0.6 is 0 Å². The third-order valence-corrected chi connectivity index (χ3v) is 10.9. The van der Waals surface area contributed by atoms with Crippen LogP contribution < -0.4 is 10.4 Å². The predicted molar refractivity (Wildman–Crippen MR) is 116 cm³/mol. The van der Waals surface area contributed by atoms with Crippen molar-refractivity contribution in [1.82, 2.24) is 0 Å². The molecule has 0 aliphatic carbocycles. The monoisotopic (exact) mass is 352 g/mol. The molecule has 2 aromatic rings. The molecule has 0 heterocycles. The van der Waals surface area contributed by atoms with Crippen LogP contribution in [0, 0.1) is 0 Å². The van der Waals surface area contributed by atoms with Gasteiger partial charge in [0, 0.05) is 0 Å². The highest BCUT2D eigenvalue weighted by molar-refractivity contribution is 7.02. The highest BCUT2D eigenvalue weighted by atomic mass is 28.3. The van der Waals surface area contributed by atoms with Gasteiger partial charge in [-0.05, 0) is 12.1 Å². The van der Waals surface area contributed by atoms with Gasteiger partial charge in [-0.3, -0.25) is 0 Å². The summed E-state index contributed by atoms with van der Waals surface area (Å²) in [7, 11) is -1.65. The first-order valence-corrected chi connectivity index (χ1v) is 12.9. The van der Waals surface area contributed by atoms with E-state index >= 15 is 0 Å². The van der Waals surface area contributed by atoms with E-state index in [4.69, 9.17) is 0 Å². The summed E-state index contributed by atoms with van der Waals surface area (Å²) in [6.07, 6.45) is 11.0. The van der Waals surface area contributed by atoms with E-state index in [1.54, 1.807) is 10.4 Å². The number of benzene rings is 2. The van der Waals surface area contributed by atoms with Crippen LogP contribution in [0.2, 0.25) is 12.1 Å². The quantitative estimate of drug-likeness (QED) is 0.306. The van der Waals surface area contributed by atoms with E-state index in [-0.39, 0.29) is 0 Å². The molecule has 0 saturated heterocycles. The molecule has 0 aromatic heterocycles. The first-order valence-electron chi connectivity index (χ1n) is 10.4. The lowest BCUT2D eigenvalue weighted by Crippen LogP contribution is -2.58. The SMILES string of the molecule is CCCCCC[Si](CCCCCC)(c1ccccc1)c1ccccc1. The Balaban J connectivity index is 2.30. The second-order valence-corrected chi connectivity index (χ2v) is 11.8. The molecule has 0 bridgehead atoms. The van der Waals surface area contributed by atoms with Gasteiger partial charge in [-0.15, -0.1) is 0 Å². The van der Waals surface area contributed by atoms with Crippen molar-refractivity contribution in [1.29, 1.82) is 0 Å². The maximum Gasteiger partial charge on any atom is 0.118 e. The molecular weight excluding hydrogens is 316 g/mol. The van der Waals surface area contributed by atoms with Gasteiger partial charge in [0.1, 0.15) is 8.07 Å². The van der Waals surface area contributed by atoms with E-state index in [1.165, 1.54) is 63.5 Å². The Morgan fingerprint density at radius 2 is 0.920 bits per heavy atom. The molecule has 0 amide bonds. The fourth-order valence-corrected chi connectivity index (χ4v) is 9.20. The number of hydrogen-bond donors (Lipinski definition) is 0. The predicted octanol–water partition coefficient (Wildman–Crippen LogP) is 6.41. The Morgan fingerprint density at radius 3 is 1.28 bits per heavy atom. The maximum absolute atomic E-state index is 2.42. The molecule has 0 radical (unpaired) electrons. The Bertz CT molecular complexity index is 508. The van der Waals surface area contributed by atoms with Crippen molar-refractivity contribution in [2.45, 2.75) is 77.3 Å². The Kier molecular flexibility index (Phi) is 9.03. The minimum atomic E-state index is -1.65. The lowest BCUT2D eigenvalue weighted by atomic mass is 10.2. The third kappa shape index (κ3) is 5.85. The zero-order valence-corrected chi connectivity index (χ0v) is 17.3. The van der Waals surface area contributed by atoms with Crippen molar-refractivity contribution in [3.8, 4) is 0 Å². The van der Waals surface area contributed by atoms with Crippen molar-refractivity contribution in [3.63, 3.8) is 0 Å². The van der Waals surface area contributed by atoms with E-state index in [2.05, 4.69) is 74.5 Å². The van der Waals surface area contributed by atoms with E-state index in [0.717, 1.165) is 0 Å². The fraction of sp³-hybridized carbons (Fsp3) is 0.500. The van der Waals surface area contributed by atoms with Crippen LogP contribution in [0.15, 0.2) is 60.7 Å². The summed E-state index contributed by atoms with van der Waals surface area (Å²) >= 11 is 0. The van der Waals surface area contributed by atoms with Crippen molar-refractivity contribution in [2.24, 2.45) is 0 Å². The third-order valence-electron chi connectivity index (χ3n) is 5.57. The second kappa shape index (κ2) is 11.3. The molecule has 0 atom stereocenters. The van der Waals surface area contributed by atoms with Gasteiger partial charge in [0.05, 0.1) is 0 Å². The van der Waals surface area contributed by atoms with Crippen LogP contribution in [-0.4, -0.2) is 8.07 Å². The number of hydrogen-bond acceptors (Lipinski definition) is 0. The largest absolute Gasteiger partial charge is 0.118 e. The summed E-state index contributed by atoms with van der Waals surface area (Å²) in [5.41, 5.74) is 0. The molecule has 0 nitrogen and oxygen atoms in total. The van der Waals surface area contributed by atoms with Gasteiger partial charge in [-0.1, -0.05) is 136 Å². The topological polar surface area (TPSA) is 0 Å². The summed E-state index contributed by atoms with van der Waals surface area (Å²) < 4.78 is 0. The van der Waals surface area contributed by atoms with Gasteiger partial charge < -0.3 is 0 Å². The second-order valence-electron chi connectivity index (χ2n) is 7.44. The van der Waals surface area contributed by atoms with E-state index in [0.29, 0.717) is 0 Å². The van der Waals surface area contributed by atoms with E-state index < -0.39 is 8.07 Å². The molecule has 0 spiro atoms. The molecule has 25 heavy (non-hydrogen) atoms. The molecule has 0 fully saturated rings. The zero-order chi connectivity index (χ0) is 17.8. The van der Waals surface area contributed by atoms with Crippen molar-refractivity contribution < 1.29 is 0 Å². The molecule has 0 N–H and O–H groups in total. The van der Waals surface area contributed by atoms with E-state index in [1.807, 2.05) is 0 Å². The Morgan fingerprint density at radius 1 is 0.520 bits per heavy atom. The molecule has 2 aromatic carbocycles. The normalized spacial score (nSPS) is 11.6. The van der Waals surface area contributed by atoms with Crippen LogP contribution in [0.4, 0.5) is 0 Å². The first kappa shape index (κ1) is 20.0. The molecule has 0 saturated carbocycles. The average Bonchev–Trinajstić information content (AvgIpc) is 2.68. The molecule has 136 valence electrons. The molecular formula is C24H36Si. The molecule has 2 rings (SSSR count). The number of rotatable bonds is 12. The highest BCUT2D eigenvalue weighted by Crippen LogP contribution is 2.24. The lowest BCUT2D eigenvalue weighted by Gasteiger charge is -2.33. The van der Waals surface area contributed by atoms with Crippen molar-refractivity contribution in [3.05, 3.63) is 60.7 Å². The Labute approximate surface area is 156 Å². The van der Waals surface area contributed by atoms with E-state index in [9.17, 15) is 0 Å². The summed E-state index contributed by atoms with van der Waals surface area (Å²) in [6.45, 7) is 4.62. The van der Waals surface area contributed by atoms with Crippen LogP contribution in [-0.2, 0) is 0 Å². The minimum Gasteiger partial charge on any atom is -0.0654 e. The standard InChI is InChI=1S/C24H36Si/c1-3-5-7-15-21-25(22-16-8-6-4-2,23-17-11-9-12-18-23)24-19-13-10-14-20-24/h9-14,17-20H,3-8,15-16,21-22H2,1-2H3. The molecule has 0 unspecified atom stereocenters. The lowest BCUT2D eigenvalue weighted by molar-refractivity contribution is 0.684. The minimum absolute atomic E-state index is 1.32. The first-order chi connectivity index (χ1) is 12.3. The van der Waals surface area contributed by atoms with Gasteiger partial charge in [0.15, 0.2) is 0 Å². The smallest absolute Gasteiger partial charge is 0.0654 e. The van der Waals surface area contributed by atoms with Gasteiger partial charge in [0.25, 0.3) is 0 Å². The fourth-order valence-electron chi connectivity index (χ4n) is 4.09. The molecule has 1 heteroatoms. The van der Waals surface area contributed by atoms with Crippen LogP contribution in [0.3, 0.4) is 0 Å². The van der Waals surface area contributed by atoms with Gasteiger partial charge in [0.2, 0.25) is 0 Å². The summed E-state index contributed by atoms with van der Waals surface area (Å²) in [5.74, 6) is 0. The Hall–Kier alpha value is -1.34. The van der Waals surface area contributed by atoms with Crippen LogP contribution in [0.25, 0.3) is 0 Å². The zero-order valence-electron chi connectivity index (χ0n) is 16.3. The van der Waals surface area contributed by atoms with Gasteiger partial charge >= 0.3 is 0 Å². The molecule has 0 aliphatic heterocycles. The maximum atomic E-state index is 2.42. The van der Waals surface area contributed by atoms with Crippen LogP contribution in [0.1, 0.15) is 65.2 Å². The highest BCUT2D eigenvalue weighted by Gasteiger charge is 2.35.